The van der Waals surface area contributed by atoms with Gasteiger partial charge in [-0.15, -0.1) is 0 Å². The Balaban J connectivity index is 2.53. The first kappa shape index (κ1) is 17.8. The Bertz CT molecular complexity index is 330. The number of carboxylic acids is 1. The van der Waals surface area contributed by atoms with Gasteiger partial charge in [-0.05, 0) is 38.8 Å². The highest BCUT2D eigenvalue weighted by Gasteiger charge is 2.25. The number of urea groups is 1. The van der Waals surface area contributed by atoms with E-state index in [1.807, 2.05) is 11.8 Å². The second-order valence-corrected chi connectivity index (χ2v) is 5.68. The van der Waals surface area contributed by atoms with Gasteiger partial charge in [-0.2, -0.15) is 0 Å². The van der Waals surface area contributed by atoms with Gasteiger partial charge in [0.25, 0.3) is 0 Å². The van der Waals surface area contributed by atoms with Crippen LogP contribution >= 0.6 is 0 Å². The molecule has 3 N–H and O–H groups in total. The highest BCUT2D eigenvalue weighted by atomic mass is 16.4. The minimum Gasteiger partial charge on any atom is -0.481 e. The van der Waals surface area contributed by atoms with E-state index in [-0.39, 0.29) is 18.6 Å². The number of hydrogen-bond donors (Lipinski definition) is 3. The number of nitrogens with zero attached hydrogens (tertiary/aromatic N) is 1. The number of carbonyl (C=O) groups is 2. The van der Waals surface area contributed by atoms with E-state index in [2.05, 4.69) is 17.6 Å². The van der Waals surface area contributed by atoms with Crippen LogP contribution in [0.3, 0.4) is 0 Å². The van der Waals surface area contributed by atoms with Gasteiger partial charge in [-0.3, -0.25) is 4.79 Å². The van der Waals surface area contributed by atoms with Crippen LogP contribution in [0.2, 0.25) is 0 Å². The second-order valence-electron chi connectivity index (χ2n) is 5.68. The van der Waals surface area contributed by atoms with Gasteiger partial charge in [0, 0.05) is 19.1 Å². The van der Waals surface area contributed by atoms with Crippen LogP contribution in [-0.2, 0) is 4.79 Å². The van der Waals surface area contributed by atoms with E-state index in [4.69, 9.17) is 5.11 Å². The Morgan fingerprint density at radius 3 is 2.48 bits per heavy atom. The molecule has 1 fully saturated rings. The second kappa shape index (κ2) is 9.60. The van der Waals surface area contributed by atoms with Crippen LogP contribution in [0.25, 0.3) is 0 Å². The lowest BCUT2D eigenvalue weighted by atomic mass is 10.0. The van der Waals surface area contributed by atoms with Crippen molar-refractivity contribution in [3.8, 4) is 0 Å². The Kier molecular flexibility index (Phi) is 8.12. The number of carboxylic acid groups (broad SMARTS) is 1. The van der Waals surface area contributed by atoms with Crippen molar-refractivity contribution in [2.45, 2.75) is 52.0 Å². The summed E-state index contributed by atoms with van der Waals surface area (Å²) < 4.78 is 0. The fraction of sp³-hybridized carbons (Fsp3) is 0.867. The van der Waals surface area contributed by atoms with E-state index in [1.54, 1.807) is 0 Å². The van der Waals surface area contributed by atoms with Gasteiger partial charge in [0.05, 0.1) is 5.92 Å². The molecule has 1 aliphatic rings. The molecule has 0 bridgehead atoms. The van der Waals surface area contributed by atoms with E-state index < -0.39 is 11.9 Å². The van der Waals surface area contributed by atoms with Gasteiger partial charge in [0.15, 0.2) is 0 Å². The number of carbonyl (C=O) groups excluding carboxylic acids is 1. The number of nitrogens with one attached hydrogen (secondary N) is 2. The molecule has 21 heavy (non-hydrogen) atoms. The van der Waals surface area contributed by atoms with Crippen molar-refractivity contribution >= 4 is 12.0 Å². The van der Waals surface area contributed by atoms with E-state index in [1.165, 1.54) is 0 Å². The summed E-state index contributed by atoms with van der Waals surface area (Å²) in [6.45, 7) is 6.82. The topological polar surface area (TPSA) is 81.7 Å². The third kappa shape index (κ3) is 5.91. The van der Waals surface area contributed by atoms with E-state index in [0.29, 0.717) is 6.42 Å². The third-order valence-corrected chi connectivity index (χ3v) is 3.96. The molecule has 0 spiro atoms. The summed E-state index contributed by atoms with van der Waals surface area (Å²) in [7, 11) is 0. The summed E-state index contributed by atoms with van der Waals surface area (Å²) >= 11 is 0. The molecule has 1 saturated heterocycles. The average molecular weight is 299 g/mol. The molecule has 1 atom stereocenters. The molecular weight excluding hydrogens is 270 g/mol. The number of aliphatic carboxylic acids is 1. The van der Waals surface area contributed by atoms with Crippen molar-refractivity contribution in [1.29, 1.82) is 0 Å². The molecule has 1 heterocycles. The lowest BCUT2D eigenvalue weighted by Crippen LogP contribution is -2.51. The van der Waals surface area contributed by atoms with Crippen molar-refractivity contribution in [2.75, 3.05) is 26.2 Å². The van der Waals surface area contributed by atoms with Crippen LogP contribution in [-0.4, -0.2) is 54.2 Å². The van der Waals surface area contributed by atoms with Crippen LogP contribution in [0.15, 0.2) is 0 Å². The zero-order valence-electron chi connectivity index (χ0n) is 13.2. The standard InChI is InChI=1S/C15H29N3O3/c1-3-5-12(14(19)20)11-17-15(21)18(10-4-2)13-6-8-16-9-7-13/h12-13,16H,3-11H2,1-2H3,(H,17,21)(H,19,20). The quantitative estimate of drug-likeness (QED) is 0.636. The zero-order chi connectivity index (χ0) is 15.7. The summed E-state index contributed by atoms with van der Waals surface area (Å²) in [5.41, 5.74) is 0. The summed E-state index contributed by atoms with van der Waals surface area (Å²) in [6, 6.07) is 0.145. The molecule has 1 aliphatic heterocycles. The fourth-order valence-corrected chi connectivity index (χ4v) is 2.78. The Labute approximate surface area is 127 Å². The van der Waals surface area contributed by atoms with E-state index >= 15 is 0 Å². The molecule has 6 heteroatoms. The van der Waals surface area contributed by atoms with Gasteiger partial charge < -0.3 is 20.6 Å². The molecule has 122 valence electrons. The predicted octanol–water partition coefficient (Wildman–Crippen LogP) is 1.66. The van der Waals surface area contributed by atoms with Crippen LogP contribution < -0.4 is 10.6 Å². The van der Waals surface area contributed by atoms with Gasteiger partial charge in [0.1, 0.15) is 0 Å². The lowest BCUT2D eigenvalue weighted by molar-refractivity contribution is -0.141. The van der Waals surface area contributed by atoms with Crippen LogP contribution in [0, 0.1) is 5.92 Å². The summed E-state index contributed by atoms with van der Waals surface area (Å²) in [4.78, 5) is 25.4. The monoisotopic (exact) mass is 299 g/mol. The maximum atomic E-state index is 12.4. The van der Waals surface area contributed by atoms with Crippen molar-refractivity contribution in [3.63, 3.8) is 0 Å². The summed E-state index contributed by atoms with van der Waals surface area (Å²) in [5.74, 6) is -1.32. The molecule has 0 aromatic carbocycles. The van der Waals surface area contributed by atoms with E-state index in [9.17, 15) is 9.59 Å². The first-order chi connectivity index (χ1) is 10.1. The maximum Gasteiger partial charge on any atom is 0.317 e. The number of rotatable bonds is 8. The number of piperidine rings is 1. The molecule has 1 unspecified atom stereocenters. The Hall–Kier alpha value is -1.30. The number of hydrogen-bond acceptors (Lipinski definition) is 3. The van der Waals surface area contributed by atoms with Gasteiger partial charge in [-0.25, -0.2) is 4.79 Å². The molecule has 0 aromatic heterocycles. The minimum absolute atomic E-state index is 0.119. The largest absolute Gasteiger partial charge is 0.481 e. The minimum atomic E-state index is -0.832. The highest BCUT2D eigenvalue weighted by molar-refractivity contribution is 5.76. The smallest absolute Gasteiger partial charge is 0.317 e. The molecular formula is C15H29N3O3. The SMILES string of the molecule is CCCC(CNC(=O)N(CCC)C1CCNCC1)C(=O)O. The molecule has 6 nitrogen and oxygen atoms in total. The van der Waals surface area contributed by atoms with Crippen molar-refractivity contribution in [2.24, 2.45) is 5.92 Å². The lowest BCUT2D eigenvalue weighted by Gasteiger charge is -2.34. The zero-order valence-corrected chi connectivity index (χ0v) is 13.2. The molecule has 0 saturated carbocycles. The molecule has 2 amide bonds. The van der Waals surface area contributed by atoms with Crippen LogP contribution in [0.5, 0.6) is 0 Å². The van der Waals surface area contributed by atoms with Crippen LogP contribution in [0.4, 0.5) is 4.79 Å². The van der Waals surface area contributed by atoms with E-state index in [0.717, 1.165) is 45.3 Å². The first-order valence-electron chi connectivity index (χ1n) is 8.08. The summed E-state index contributed by atoms with van der Waals surface area (Å²) in [6.07, 6.45) is 4.24. The van der Waals surface area contributed by atoms with Gasteiger partial charge in [0.2, 0.25) is 0 Å². The molecule has 0 radical (unpaired) electrons. The summed E-state index contributed by atoms with van der Waals surface area (Å²) in [5, 5.41) is 15.2. The number of amides is 2. The Morgan fingerprint density at radius 2 is 1.95 bits per heavy atom. The van der Waals surface area contributed by atoms with Crippen molar-refractivity contribution < 1.29 is 14.7 Å². The first-order valence-corrected chi connectivity index (χ1v) is 8.08. The van der Waals surface area contributed by atoms with Crippen molar-refractivity contribution in [1.82, 2.24) is 15.5 Å². The third-order valence-electron chi connectivity index (χ3n) is 3.96. The van der Waals surface area contributed by atoms with Crippen molar-refractivity contribution in [3.05, 3.63) is 0 Å². The van der Waals surface area contributed by atoms with Gasteiger partial charge >= 0.3 is 12.0 Å². The fourth-order valence-electron chi connectivity index (χ4n) is 2.78. The van der Waals surface area contributed by atoms with Gasteiger partial charge in [-0.1, -0.05) is 20.3 Å². The van der Waals surface area contributed by atoms with Crippen LogP contribution in [0.1, 0.15) is 46.0 Å². The highest BCUT2D eigenvalue weighted by Crippen LogP contribution is 2.13. The maximum absolute atomic E-state index is 12.4. The normalized spacial score (nSPS) is 17.2. The molecule has 0 aliphatic carbocycles. The Morgan fingerprint density at radius 1 is 1.29 bits per heavy atom. The molecule has 0 aromatic rings. The average Bonchev–Trinajstić information content (AvgIpc) is 2.49. The predicted molar refractivity (Wildman–Crippen MR) is 82.3 cm³/mol. The molecule has 1 rings (SSSR count).